The minimum atomic E-state index is 0.116. The molecule has 0 saturated heterocycles. The smallest absolute Gasteiger partial charge is 0.253 e. The predicted molar refractivity (Wildman–Crippen MR) is 132 cm³/mol. The van der Waals surface area contributed by atoms with Crippen molar-refractivity contribution in [3.05, 3.63) is 63.6 Å². The van der Waals surface area contributed by atoms with Crippen molar-refractivity contribution in [3.8, 4) is 0 Å². The molecule has 0 atom stereocenters. The SMILES string of the molecule is CCN(CC)C(=O)c1ccc2cc(C=C(C)C=CC3=C(C)CCCC3(C)C)sc2c1. The normalized spacial score (nSPS) is 17.2. The van der Waals surface area contributed by atoms with Gasteiger partial charge in [-0.25, -0.2) is 0 Å². The summed E-state index contributed by atoms with van der Waals surface area (Å²) in [6.07, 6.45) is 10.6. The third-order valence-corrected chi connectivity index (χ3v) is 7.31. The van der Waals surface area contributed by atoms with E-state index in [-0.39, 0.29) is 11.3 Å². The summed E-state index contributed by atoms with van der Waals surface area (Å²) in [4.78, 5) is 15.8. The summed E-state index contributed by atoms with van der Waals surface area (Å²) in [5.41, 5.74) is 5.33. The van der Waals surface area contributed by atoms with E-state index in [4.69, 9.17) is 0 Å². The molecule has 0 radical (unpaired) electrons. The Bertz CT molecular complexity index is 1010. The van der Waals surface area contributed by atoms with Gasteiger partial charge >= 0.3 is 0 Å². The highest BCUT2D eigenvalue weighted by Crippen LogP contribution is 2.41. The van der Waals surface area contributed by atoms with Crippen LogP contribution in [0.4, 0.5) is 0 Å². The van der Waals surface area contributed by atoms with Gasteiger partial charge in [0.05, 0.1) is 0 Å². The molecule has 3 heteroatoms. The number of amides is 1. The van der Waals surface area contributed by atoms with E-state index in [9.17, 15) is 4.79 Å². The Morgan fingerprint density at radius 3 is 2.60 bits per heavy atom. The minimum Gasteiger partial charge on any atom is -0.339 e. The Kier molecular flexibility index (Phi) is 7.02. The lowest BCUT2D eigenvalue weighted by molar-refractivity contribution is 0.0773. The van der Waals surface area contributed by atoms with Crippen molar-refractivity contribution in [3.63, 3.8) is 0 Å². The average Bonchev–Trinajstić information content (AvgIpc) is 3.09. The number of carbonyl (C=O) groups is 1. The Hall–Kier alpha value is -2.13. The summed E-state index contributed by atoms with van der Waals surface area (Å²) in [6.45, 7) is 14.7. The van der Waals surface area contributed by atoms with Gasteiger partial charge in [0.2, 0.25) is 0 Å². The number of thiophene rings is 1. The van der Waals surface area contributed by atoms with Gasteiger partial charge in [-0.15, -0.1) is 11.3 Å². The van der Waals surface area contributed by atoms with Gasteiger partial charge in [0.1, 0.15) is 0 Å². The first kappa shape index (κ1) is 22.6. The van der Waals surface area contributed by atoms with Gasteiger partial charge in [-0.3, -0.25) is 4.79 Å². The van der Waals surface area contributed by atoms with Gasteiger partial charge < -0.3 is 4.90 Å². The molecule has 0 N–H and O–H groups in total. The van der Waals surface area contributed by atoms with Crippen molar-refractivity contribution < 1.29 is 4.79 Å². The summed E-state index contributed by atoms with van der Waals surface area (Å²) in [5, 5.41) is 1.20. The van der Waals surface area contributed by atoms with E-state index in [2.05, 4.69) is 58.1 Å². The van der Waals surface area contributed by atoms with Crippen molar-refractivity contribution in [2.45, 2.75) is 60.8 Å². The zero-order valence-electron chi connectivity index (χ0n) is 19.3. The Balaban J connectivity index is 1.83. The van der Waals surface area contributed by atoms with E-state index < -0.39 is 0 Å². The fourth-order valence-electron chi connectivity index (χ4n) is 4.45. The van der Waals surface area contributed by atoms with Crippen LogP contribution in [0.1, 0.15) is 76.0 Å². The van der Waals surface area contributed by atoms with Crippen molar-refractivity contribution in [1.82, 2.24) is 4.90 Å². The van der Waals surface area contributed by atoms with Gasteiger partial charge in [0, 0.05) is 28.2 Å². The van der Waals surface area contributed by atoms with Gasteiger partial charge in [-0.05, 0) is 93.2 Å². The molecular formula is C27H35NOS. The Labute approximate surface area is 186 Å². The lowest BCUT2D eigenvalue weighted by Gasteiger charge is -2.32. The molecule has 1 heterocycles. The summed E-state index contributed by atoms with van der Waals surface area (Å²) in [7, 11) is 0. The first-order valence-electron chi connectivity index (χ1n) is 11.1. The van der Waals surface area contributed by atoms with E-state index in [0.717, 1.165) is 18.7 Å². The first-order chi connectivity index (χ1) is 14.2. The van der Waals surface area contributed by atoms with Gasteiger partial charge in [-0.2, -0.15) is 0 Å². The second-order valence-corrected chi connectivity index (χ2v) is 10.1. The van der Waals surface area contributed by atoms with Crippen molar-refractivity contribution >= 4 is 33.4 Å². The molecule has 0 bridgehead atoms. The maximum Gasteiger partial charge on any atom is 0.253 e. The minimum absolute atomic E-state index is 0.116. The number of fused-ring (bicyclic) bond motifs is 1. The Morgan fingerprint density at radius 1 is 1.20 bits per heavy atom. The molecule has 30 heavy (non-hydrogen) atoms. The molecule has 2 nitrogen and oxygen atoms in total. The first-order valence-corrected chi connectivity index (χ1v) is 12.0. The van der Waals surface area contributed by atoms with Crippen molar-refractivity contribution in [2.75, 3.05) is 13.1 Å². The largest absolute Gasteiger partial charge is 0.339 e. The number of rotatable bonds is 6. The number of hydrogen-bond donors (Lipinski definition) is 0. The van der Waals surface area contributed by atoms with E-state index in [1.807, 2.05) is 30.9 Å². The van der Waals surface area contributed by atoms with Crippen LogP contribution in [0.5, 0.6) is 0 Å². The third-order valence-electron chi connectivity index (χ3n) is 6.26. The van der Waals surface area contributed by atoms with Crippen LogP contribution in [0.15, 0.2) is 53.1 Å². The van der Waals surface area contributed by atoms with Gasteiger partial charge in [0.15, 0.2) is 0 Å². The number of allylic oxidation sites excluding steroid dienone is 5. The Morgan fingerprint density at radius 2 is 1.93 bits per heavy atom. The maximum absolute atomic E-state index is 12.7. The summed E-state index contributed by atoms with van der Waals surface area (Å²) in [6, 6.07) is 8.29. The maximum atomic E-state index is 12.7. The summed E-state index contributed by atoms with van der Waals surface area (Å²) >= 11 is 1.75. The fourth-order valence-corrected chi connectivity index (χ4v) is 5.56. The summed E-state index contributed by atoms with van der Waals surface area (Å²) in [5.74, 6) is 0.116. The molecule has 0 spiro atoms. The second kappa shape index (κ2) is 9.34. The van der Waals surface area contributed by atoms with E-state index in [1.165, 1.54) is 50.9 Å². The van der Waals surface area contributed by atoms with Crippen LogP contribution in [-0.4, -0.2) is 23.9 Å². The van der Waals surface area contributed by atoms with Gasteiger partial charge in [0.25, 0.3) is 5.91 Å². The number of carbonyl (C=O) groups excluding carboxylic acids is 1. The molecule has 0 fully saturated rings. The number of benzene rings is 1. The lowest BCUT2D eigenvalue weighted by atomic mass is 9.72. The molecule has 1 aliphatic rings. The highest BCUT2D eigenvalue weighted by Gasteiger charge is 2.26. The standard InChI is InChI=1S/C27H35NOS/c1-7-28(8-2)26(29)22-13-12-21-17-23(30-25(21)18-22)16-19(3)11-14-24-20(4)10-9-15-27(24,5)6/h11-14,16-18H,7-10,15H2,1-6H3. The molecule has 0 saturated carbocycles. The van der Waals surface area contributed by atoms with E-state index in [0.29, 0.717) is 0 Å². The van der Waals surface area contributed by atoms with Crippen LogP contribution in [-0.2, 0) is 0 Å². The fraction of sp³-hybridized carbons (Fsp3) is 0.444. The highest BCUT2D eigenvalue weighted by molar-refractivity contribution is 7.19. The summed E-state index contributed by atoms with van der Waals surface area (Å²) < 4.78 is 1.17. The molecule has 2 aromatic rings. The molecule has 1 aromatic heterocycles. The quantitative estimate of drug-likeness (QED) is 0.435. The van der Waals surface area contributed by atoms with E-state index >= 15 is 0 Å². The molecule has 1 amide bonds. The third kappa shape index (κ3) is 4.95. The molecule has 160 valence electrons. The van der Waals surface area contributed by atoms with Crippen LogP contribution in [0.25, 0.3) is 16.2 Å². The predicted octanol–water partition coefficient (Wildman–Crippen LogP) is 7.87. The number of nitrogens with zero attached hydrogens (tertiary/aromatic N) is 1. The molecule has 0 unspecified atom stereocenters. The van der Waals surface area contributed by atoms with Crippen LogP contribution in [0, 0.1) is 5.41 Å². The topological polar surface area (TPSA) is 20.3 Å². The van der Waals surface area contributed by atoms with Crippen molar-refractivity contribution in [2.24, 2.45) is 5.41 Å². The highest BCUT2D eigenvalue weighted by atomic mass is 32.1. The number of hydrogen-bond acceptors (Lipinski definition) is 2. The molecule has 0 aliphatic heterocycles. The van der Waals surface area contributed by atoms with Crippen LogP contribution >= 0.6 is 11.3 Å². The molecule has 1 aromatic carbocycles. The molecule has 1 aliphatic carbocycles. The van der Waals surface area contributed by atoms with Crippen molar-refractivity contribution in [1.29, 1.82) is 0 Å². The van der Waals surface area contributed by atoms with Crippen LogP contribution in [0.2, 0.25) is 0 Å². The lowest BCUT2D eigenvalue weighted by Crippen LogP contribution is -2.30. The van der Waals surface area contributed by atoms with Crippen LogP contribution < -0.4 is 0 Å². The monoisotopic (exact) mass is 421 g/mol. The zero-order chi connectivity index (χ0) is 21.9. The van der Waals surface area contributed by atoms with Crippen LogP contribution in [0.3, 0.4) is 0 Å². The average molecular weight is 422 g/mol. The van der Waals surface area contributed by atoms with Gasteiger partial charge in [-0.1, -0.05) is 37.6 Å². The molecule has 3 rings (SSSR count). The molecular weight excluding hydrogens is 386 g/mol. The zero-order valence-corrected chi connectivity index (χ0v) is 20.2. The van der Waals surface area contributed by atoms with E-state index in [1.54, 1.807) is 11.3 Å². The second-order valence-electron chi connectivity index (χ2n) is 9.03.